The van der Waals surface area contributed by atoms with Gasteiger partial charge in [0.05, 0.1) is 11.4 Å². The van der Waals surface area contributed by atoms with Gasteiger partial charge < -0.3 is 10.0 Å². The number of aryl methyl sites for hydroxylation is 1. The van der Waals surface area contributed by atoms with E-state index in [1.165, 1.54) is 6.07 Å². The second-order valence-corrected chi connectivity index (χ2v) is 5.18. The fourth-order valence-electron chi connectivity index (χ4n) is 1.93. The minimum absolute atomic E-state index is 0.00709. The number of nitrogens with zero attached hydrogens (tertiary/aromatic N) is 2. The van der Waals surface area contributed by atoms with E-state index >= 15 is 0 Å². The normalized spacial score (nSPS) is 14.6. The predicted molar refractivity (Wildman–Crippen MR) is 70.6 cm³/mol. The average Bonchev–Trinajstić information content (AvgIpc) is 2.92. The van der Waals surface area contributed by atoms with Gasteiger partial charge in [-0.25, -0.2) is 0 Å². The molecule has 1 aromatic rings. The number of phenols is 1. The molecule has 1 saturated heterocycles. The van der Waals surface area contributed by atoms with E-state index in [4.69, 9.17) is 5.26 Å². The Morgan fingerprint density at radius 1 is 1.61 bits per heavy atom. The van der Waals surface area contributed by atoms with Gasteiger partial charge in [-0.15, -0.1) is 11.8 Å². The van der Waals surface area contributed by atoms with Crippen LogP contribution in [0, 0.1) is 11.3 Å². The molecule has 0 radical (unpaired) electrons. The average molecular weight is 262 g/mol. The van der Waals surface area contributed by atoms with Crippen LogP contribution in [0.4, 0.5) is 0 Å². The van der Waals surface area contributed by atoms with Crippen LogP contribution in [-0.2, 0) is 6.42 Å². The monoisotopic (exact) mass is 262 g/mol. The molecule has 1 aliphatic heterocycles. The number of carbonyl (C=O) groups excluding carboxylic acids is 1. The molecule has 0 bridgehead atoms. The van der Waals surface area contributed by atoms with Crippen molar-refractivity contribution in [2.45, 2.75) is 13.3 Å². The van der Waals surface area contributed by atoms with Crippen LogP contribution in [0.15, 0.2) is 12.1 Å². The van der Waals surface area contributed by atoms with Crippen molar-refractivity contribution in [3.8, 4) is 11.8 Å². The SMILES string of the molecule is CCc1cc(C(=O)N2CCSC2)cc(C#N)c1O. The number of phenolic OH excluding ortho intramolecular Hbond substituents is 1. The van der Waals surface area contributed by atoms with Gasteiger partial charge in [-0.1, -0.05) is 6.92 Å². The quantitative estimate of drug-likeness (QED) is 0.885. The highest BCUT2D eigenvalue weighted by atomic mass is 32.2. The van der Waals surface area contributed by atoms with Crippen molar-refractivity contribution in [2.24, 2.45) is 0 Å². The lowest BCUT2D eigenvalue weighted by Crippen LogP contribution is -2.27. The van der Waals surface area contributed by atoms with Crippen molar-refractivity contribution < 1.29 is 9.90 Å². The van der Waals surface area contributed by atoms with Gasteiger partial charge in [0.1, 0.15) is 11.8 Å². The molecular weight excluding hydrogens is 248 g/mol. The number of amides is 1. The smallest absolute Gasteiger partial charge is 0.254 e. The molecule has 18 heavy (non-hydrogen) atoms. The summed E-state index contributed by atoms with van der Waals surface area (Å²) in [5, 5.41) is 18.8. The molecule has 0 atom stereocenters. The molecule has 1 N–H and O–H groups in total. The Labute approximate surface area is 110 Å². The molecule has 0 aliphatic carbocycles. The van der Waals surface area contributed by atoms with Gasteiger partial charge in [0.15, 0.2) is 0 Å². The Morgan fingerprint density at radius 3 is 2.94 bits per heavy atom. The van der Waals surface area contributed by atoms with Gasteiger partial charge in [0.2, 0.25) is 0 Å². The highest BCUT2D eigenvalue weighted by molar-refractivity contribution is 7.99. The zero-order valence-corrected chi connectivity index (χ0v) is 11.0. The Balaban J connectivity index is 2.39. The van der Waals surface area contributed by atoms with E-state index in [0.29, 0.717) is 23.4 Å². The number of thioether (sulfide) groups is 1. The van der Waals surface area contributed by atoms with E-state index in [1.807, 2.05) is 13.0 Å². The van der Waals surface area contributed by atoms with E-state index in [-0.39, 0.29) is 17.2 Å². The first-order valence-corrected chi connectivity index (χ1v) is 6.95. The third-order valence-electron chi connectivity index (χ3n) is 2.98. The number of benzene rings is 1. The maximum Gasteiger partial charge on any atom is 0.254 e. The van der Waals surface area contributed by atoms with Crippen LogP contribution in [0.3, 0.4) is 0 Å². The largest absolute Gasteiger partial charge is 0.506 e. The topological polar surface area (TPSA) is 64.3 Å². The van der Waals surface area contributed by atoms with Crippen LogP contribution in [0.25, 0.3) is 0 Å². The summed E-state index contributed by atoms with van der Waals surface area (Å²) in [6.07, 6.45) is 0.594. The van der Waals surface area contributed by atoms with E-state index in [1.54, 1.807) is 22.7 Å². The fourth-order valence-corrected chi connectivity index (χ4v) is 2.87. The van der Waals surface area contributed by atoms with Crippen LogP contribution < -0.4 is 0 Å². The van der Waals surface area contributed by atoms with Crippen molar-refractivity contribution in [2.75, 3.05) is 18.2 Å². The van der Waals surface area contributed by atoms with E-state index < -0.39 is 0 Å². The van der Waals surface area contributed by atoms with Crippen LogP contribution >= 0.6 is 11.8 Å². The zero-order valence-electron chi connectivity index (χ0n) is 10.1. The van der Waals surface area contributed by atoms with Crippen LogP contribution in [-0.4, -0.2) is 34.1 Å². The second kappa shape index (κ2) is 5.32. The summed E-state index contributed by atoms with van der Waals surface area (Å²) in [6.45, 7) is 2.63. The van der Waals surface area contributed by atoms with Crippen molar-refractivity contribution in [3.05, 3.63) is 28.8 Å². The molecule has 4 nitrogen and oxygen atoms in total. The first kappa shape index (κ1) is 12.8. The lowest BCUT2D eigenvalue weighted by molar-refractivity contribution is 0.0802. The number of hydrogen-bond acceptors (Lipinski definition) is 4. The van der Waals surface area contributed by atoms with Gasteiger partial charge in [0.25, 0.3) is 5.91 Å². The Hall–Kier alpha value is -1.67. The summed E-state index contributed by atoms with van der Waals surface area (Å²) in [7, 11) is 0. The molecule has 1 amide bonds. The number of rotatable bonds is 2. The highest BCUT2D eigenvalue weighted by Gasteiger charge is 2.21. The molecule has 1 fully saturated rings. The Bertz CT molecular complexity index is 516. The van der Waals surface area contributed by atoms with Crippen LogP contribution in [0.2, 0.25) is 0 Å². The van der Waals surface area contributed by atoms with Crippen molar-refractivity contribution in [1.82, 2.24) is 4.90 Å². The predicted octanol–water partition coefficient (Wildman–Crippen LogP) is 1.97. The maximum atomic E-state index is 12.2. The third kappa shape index (κ3) is 2.29. The van der Waals surface area contributed by atoms with Crippen molar-refractivity contribution >= 4 is 17.7 Å². The number of nitriles is 1. The van der Waals surface area contributed by atoms with Gasteiger partial charge in [-0.3, -0.25) is 4.79 Å². The van der Waals surface area contributed by atoms with E-state index in [9.17, 15) is 9.90 Å². The fraction of sp³-hybridized carbons (Fsp3) is 0.385. The molecule has 0 aromatic heterocycles. The maximum absolute atomic E-state index is 12.2. The third-order valence-corrected chi connectivity index (χ3v) is 3.94. The summed E-state index contributed by atoms with van der Waals surface area (Å²) in [6, 6.07) is 5.08. The number of hydrogen-bond donors (Lipinski definition) is 1. The molecule has 1 heterocycles. The van der Waals surface area contributed by atoms with Crippen molar-refractivity contribution in [3.63, 3.8) is 0 Å². The zero-order chi connectivity index (χ0) is 13.1. The molecule has 0 spiro atoms. The highest BCUT2D eigenvalue weighted by Crippen LogP contribution is 2.26. The standard InChI is InChI=1S/C13H14N2O2S/c1-2-9-5-10(6-11(7-14)12(9)16)13(17)15-3-4-18-8-15/h5-6,16H,2-4,8H2,1H3. The molecule has 0 saturated carbocycles. The number of aromatic hydroxyl groups is 1. The lowest BCUT2D eigenvalue weighted by Gasteiger charge is -2.15. The van der Waals surface area contributed by atoms with E-state index in [0.717, 1.165) is 12.3 Å². The minimum atomic E-state index is -0.0637. The Morgan fingerprint density at radius 2 is 2.39 bits per heavy atom. The summed E-state index contributed by atoms with van der Waals surface area (Å²) >= 11 is 1.72. The van der Waals surface area contributed by atoms with Gasteiger partial charge >= 0.3 is 0 Å². The lowest BCUT2D eigenvalue weighted by atomic mass is 10.0. The summed E-state index contributed by atoms with van der Waals surface area (Å²) in [4.78, 5) is 14.0. The van der Waals surface area contributed by atoms with Gasteiger partial charge in [0, 0.05) is 17.9 Å². The van der Waals surface area contributed by atoms with Gasteiger partial charge in [-0.05, 0) is 24.1 Å². The first-order valence-electron chi connectivity index (χ1n) is 5.80. The van der Waals surface area contributed by atoms with Gasteiger partial charge in [-0.2, -0.15) is 5.26 Å². The van der Waals surface area contributed by atoms with Crippen molar-refractivity contribution in [1.29, 1.82) is 5.26 Å². The number of carbonyl (C=O) groups is 1. The molecule has 0 unspecified atom stereocenters. The van der Waals surface area contributed by atoms with Crippen LogP contribution in [0.1, 0.15) is 28.4 Å². The molecule has 2 rings (SSSR count). The summed E-state index contributed by atoms with van der Waals surface area (Å²) in [5.74, 6) is 1.58. The van der Waals surface area contributed by atoms with E-state index in [2.05, 4.69) is 0 Å². The molecular formula is C13H14N2O2S. The molecule has 1 aliphatic rings. The minimum Gasteiger partial charge on any atom is -0.506 e. The van der Waals surface area contributed by atoms with Crippen LogP contribution in [0.5, 0.6) is 5.75 Å². The summed E-state index contributed by atoms with van der Waals surface area (Å²) < 4.78 is 0. The Kier molecular flexibility index (Phi) is 3.78. The molecule has 1 aromatic carbocycles. The molecule has 94 valence electrons. The summed E-state index contributed by atoms with van der Waals surface area (Å²) in [5.41, 5.74) is 1.30. The molecule has 5 heteroatoms. The first-order chi connectivity index (χ1) is 8.67. The second-order valence-electron chi connectivity index (χ2n) is 4.10.